The van der Waals surface area contributed by atoms with Crippen LogP contribution in [0.5, 0.6) is 0 Å². The molecule has 2 amide bonds. The number of amides is 2. The molecule has 1 unspecified atom stereocenters. The van der Waals surface area contributed by atoms with Crippen LogP contribution in [0.1, 0.15) is 62.1 Å². The van der Waals surface area contributed by atoms with Crippen LogP contribution in [0.25, 0.3) is 11.1 Å². The van der Waals surface area contributed by atoms with Crippen molar-refractivity contribution in [3.63, 3.8) is 0 Å². The number of rotatable bonds is 7. The third kappa shape index (κ3) is 4.91. The number of pyridine rings is 1. The molecule has 0 bridgehead atoms. The number of fused-ring (bicyclic) bond motifs is 1. The van der Waals surface area contributed by atoms with Crippen LogP contribution in [0, 0.1) is 0 Å². The van der Waals surface area contributed by atoms with Gasteiger partial charge in [-0.1, -0.05) is 41.9 Å². The van der Waals surface area contributed by atoms with Gasteiger partial charge in [0.15, 0.2) is 0 Å². The summed E-state index contributed by atoms with van der Waals surface area (Å²) in [4.78, 5) is 43.0. The Kier molecular flexibility index (Phi) is 6.26. The molecule has 0 saturated heterocycles. The van der Waals surface area contributed by atoms with Gasteiger partial charge in [0, 0.05) is 43.4 Å². The van der Waals surface area contributed by atoms with Crippen LogP contribution >= 0.6 is 11.6 Å². The van der Waals surface area contributed by atoms with Gasteiger partial charge in [0.25, 0.3) is 11.8 Å². The molecule has 1 atom stereocenters. The molecule has 2 heterocycles. The van der Waals surface area contributed by atoms with Crippen molar-refractivity contribution in [2.24, 2.45) is 0 Å². The summed E-state index contributed by atoms with van der Waals surface area (Å²) in [5.41, 5.74) is 3.78. The maximum absolute atomic E-state index is 13.0. The number of carbonyl (C=O) groups excluding carboxylic acids is 3. The highest BCUT2D eigenvalue weighted by atomic mass is 35.5. The van der Waals surface area contributed by atoms with Crippen molar-refractivity contribution in [1.82, 2.24) is 15.2 Å². The monoisotopic (exact) mass is 489 g/mol. The van der Waals surface area contributed by atoms with Crippen LogP contribution in [0.3, 0.4) is 0 Å². The molecule has 1 N–H and O–H groups in total. The molecule has 1 aliphatic carbocycles. The number of hydrogen-bond acceptors (Lipinski definition) is 5. The lowest BCUT2D eigenvalue weighted by Crippen LogP contribution is -2.29. The summed E-state index contributed by atoms with van der Waals surface area (Å²) >= 11 is 6.48. The Morgan fingerprint density at radius 2 is 1.89 bits per heavy atom. The van der Waals surface area contributed by atoms with Gasteiger partial charge in [0.05, 0.1) is 16.1 Å². The minimum absolute atomic E-state index is 0.170. The number of benzene rings is 2. The fraction of sp³-hybridized carbons (Fsp3) is 0.259. The predicted molar refractivity (Wildman–Crippen MR) is 131 cm³/mol. The normalized spacial score (nSPS) is 16.4. The highest BCUT2D eigenvalue weighted by molar-refractivity contribution is 6.34. The summed E-state index contributed by atoms with van der Waals surface area (Å²) in [5, 5.41) is 3.24. The number of halogens is 1. The molecule has 1 fully saturated rings. The standard InChI is InChI=1S/C27H24ClN3O4/c1-31(13-12-24-19-4-2-3-5-20(19)27(34)35-24)26(33)21-10-6-16(14-22(21)28)17-7-11-23(29-15-17)25(32)30-18-8-9-18/h2-7,10-11,14-15,18,24H,8-9,12-13H2,1H3,(H,30,32). The maximum Gasteiger partial charge on any atom is 0.339 e. The quantitative estimate of drug-likeness (QED) is 0.487. The van der Waals surface area contributed by atoms with Gasteiger partial charge in [-0.3, -0.25) is 14.6 Å². The zero-order valence-corrected chi connectivity index (χ0v) is 19.9. The highest BCUT2D eigenvalue weighted by Crippen LogP contribution is 2.33. The van der Waals surface area contributed by atoms with E-state index in [9.17, 15) is 14.4 Å². The van der Waals surface area contributed by atoms with E-state index in [-0.39, 0.29) is 29.9 Å². The van der Waals surface area contributed by atoms with Gasteiger partial charge in [-0.05, 0) is 42.7 Å². The lowest BCUT2D eigenvalue weighted by molar-refractivity contribution is 0.0349. The molecule has 1 aliphatic heterocycles. The molecule has 0 radical (unpaired) electrons. The summed E-state index contributed by atoms with van der Waals surface area (Å²) < 4.78 is 5.47. The van der Waals surface area contributed by atoms with Crippen LogP contribution in [-0.2, 0) is 4.74 Å². The van der Waals surface area contributed by atoms with Gasteiger partial charge in [0.2, 0.25) is 0 Å². The Bertz CT molecular complexity index is 1300. The molecular formula is C27H24ClN3O4. The first-order valence-corrected chi connectivity index (χ1v) is 11.9. The summed E-state index contributed by atoms with van der Waals surface area (Å²) in [6.07, 6.45) is 3.79. The minimum Gasteiger partial charge on any atom is -0.454 e. The largest absolute Gasteiger partial charge is 0.454 e. The topological polar surface area (TPSA) is 88.6 Å². The van der Waals surface area contributed by atoms with Crippen LogP contribution in [0.2, 0.25) is 5.02 Å². The van der Waals surface area contributed by atoms with E-state index >= 15 is 0 Å². The summed E-state index contributed by atoms with van der Waals surface area (Å²) in [7, 11) is 1.70. The van der Waals surface area contributed by atoms with Crippen molar-refractivity contribution in [2.45, 2.75) is 31.4 Å². The average Bonchev–Trinajstić information content (AvgIpc) is 3.63. The second-order valence-electron chi connectivity index (χ2n) is 8.87. The Morgan fingerprint density at radius 3 is 2.60 bits per heavy atom. The van der Waals surface area contributed by atoms with E-state index in [2.05, 4.69) is 10.3 Å². The van der Waals surface area contributed by atoms with E-state index in [1.54, 1.807) is 48.5 Å². The average molecular weight is 490 g/mol. The summed E-state index contributed by atoms with van der Waals surface area (Å²) in [6, 6.07) is 16.3. The maximum atomic E-state index is 13.0. The van der Waals surface area contributed by atoms with Crippen molar-refractivity contribution in [2.75, 3.05) is 13.6 Å². The van der Waals surface area contributed by atoms with Crippen molar-refractivity contribution >= 4 is 29.4 Å². The van der Waals surface area contributed by atoms with Gasteiger partial charge in [-0.2, -0.15) is 0 Å². The number of hydrogen-bond donors (Lipinski definition) is 1. The Labute approximate surface area is 208 Å². The minimum atomic E-state index is -0.367. The molecular weight excluding hydrogens is 466 g/mol. The molecule has 0 spiro atoms. The molecule has 1 saturated carbocycles. The molecule has 178 valence electrons. The zero-order chi connectivity index (χ0) is 24.5. The number of cyclic esters (lactones) is 1. The van der Waals surface area contributed by atoms with Crippen LogP contribution < -0.4 is 5.32 Å². The van der Waals surface area contributed by atoms with Gasteiger partial charge in [-0.15, -0.1) is 0 Å². The molecule has 2 aliphatic rings. The second kappa shape index (κ2) is 9.50. The smallest absolute Gasteiger partial charge is 0.339 e. The number of aromatic nitrogens is 1. The van der Waals surface area contributed by atoms with Crippen molar-refractivity contribution < 1.29 is 19.1 Å². The number of esters is 1. The highest BCUT2D eigenvalue weighted by Gasteiger charge is 2.31. The third-order valence-electron chi connectivity index (χ3n) is 6.29. The predicted octanol–water partition coefficient (Wildman–Crippen LogP) is 4.67. The van der Waals surface area contributed by atoms with Crippen LogP contribution in [0.4, 0.5) is 0 Å². The van der Waals surface area contributed by atoms with Gasteiger partial charge < -0.3 is 15.0 Å². The number of ether oxygens (including phenoxy) is 1. The molecule has 35 heavy (non-hydrogen) atoms. The van der Waals surface area contributed by atoms with Gasteiger partial charge >= 0.3 is 5.97 Å². The van der Waals surface area contributed by atoms with Crippen LogP contribution in [-0.4, -0.2) is 47.3 Å². The third-order valence-corrected chi connectivity index (χ3v) is 6.60. The first-order chi connectivity index (χ1) is 16.9. The number of nitrogens with zero attached hydrogens (tertiary/aromatic N) is 2. The second-order valence-corrected chi connectivity index (χ2v) is 9.28. The van der Waals surface area contributed by atoms with E-state index in [1.807, 2.05) is 24.3 Å². The van der Waals surface area contributed by atoms with Gasteiger partial charge in [-0.25, -0.2) is 4.79 Å². The lowest BCUT2D eigenvalue weighted by Gasteiger charge is -2.20. The fourth-order valence-corrected chi connectivity index (χ4v) is 4.37. The van der Waals surface area contributed by atoms with E-state index in [0.717, 1.165) is 29.5 Å². The summed E-state index contributed by atoms with van der Waals surface area (Å²) in [5.74, 6) is -0.717. The molecule has 7 nitrogen and oxygen atoms in total. The first-order valence-electron chi connectivity index (χ1n) is 11.5. The Hall–Kier alpha value is -3.71. The van der Waals surface area contributed by atoms with Crippen LogP contribution in [0.15, 0.2) is 60.8 Å². The SMILES string of the molecule is CN(CCC1OC(=O)c2ccccc21)C(=O)c1ccc(-c2ccc(C(=O)NC3CC3)nc2)cc1Cl. The van der Waals surface area contributed by atoms with Crippen molar-refractivity contribution in [3.8, 4) is 11.1 Å². The van der Waals surface area contributed by atoms with E-state index in [1.165, 1.54) is 0 Å². The Balaban J connectivity index is 1.23. The van der Waals surface area contributed by atoms with E-state index in [0.29, 0.717) is 34.8 Å². The first kappa shape index (κ1) is 23.1. The molecule has 5 rings (SSSR count). The Morgan fingerprint density at radius 1 is 1.11 bits per heavy atom. The van der Waals surface area contributed by atoms with E-state index < -0.39 is 0 Å². The number of carbonyl (C=O) groups is 3. The van der Waals surface area contributed by atoms with Crippen molar-refractivity contribution in [1.29, 1.82) is 0 Å². The molecule has 1 aromatic heterocycles. The fourth-order valence-electron chi connectivity index (χ4n) is 4.11. The molecule has 2 aromatic carbocycles. The lowest BCUT2D eigenvalue weighted by atomic mass is 10.0. The molecule has 8 heteroatoms. The van der Waals surface area contributed by atoms with E-state index in [4.69, 9.17) is 16.3 Å². The van der Waals surface area contributed by atoms with Crippen molar-refractivity contribution in [3.05, 3.63) is 88.2 Å². The molecule has 3 aromatic rings. The van der Waals surface area contributed by atoms with Gasteiger partial charge in [0.1, 0.15) is 11.8 Å². The zero-order valence-electron chi connectivity index (χ0n) is 19.2. The number of nitrogens with one attached hydrogen (secondary N) is 1. The summed E-state index contributed by atoms with van der Waals surface area (Å²) in [6.45, 7) is 0.400.